The van der Waals surface area contributed by atoms with Crippen LogP contribution in [-0.2, 0) is 9.59 Å². The Morgan fingerprint density at radius 3 is 2.53 bits per heavy atom. The fraction of sp³-hybridized carbons (Fsp3) is 0.375. The molecule has 0 radical (unpaired) electrons. The average molecular weight is 456 g/mol. The fourth-order valence-corrected chi connectivity index (χ4v) is 5.33. The lowest BCUT2D eigenvalue weighted by Gasteiger charge is -2.26. The fourth-order valence-electron chi connectivity index (χ4n) is 4.50. The second-order valence-corrected chi connectivity index (χ2v) is 9.30. The Labute approximate surface area is 190 Å². The molecule has 32 heavy (non-hydrogen) atoms. The molecule has 3 amide bonds. The van der Waals surface area contributed by atoms with Gasteiger partial charge in [-0.05, 0) is 80.4 Å². The van der Waals surface area contributed by atoms with Crippen molar-refractivity contribution in [1.82, 2.24) is 9.47 Å². The van der Waals surface area contributed by atoms with Gasteiger partial charge in [0.25, 0.3) is 11.1 Å². The van der Waals surface area contributed by atoms with Crippen molar-refractivity contribution in [3.05, 3.63) is 58.0 Å². The van der Waals surface area contributed by atoms with E-state index in [1.54, 1.807) is 6.08 Å². The van der Waals surface area contributed by atoms with Crippen LogP contribution in [0.2, 0.25) is 0 Å². The number of benzene rings is 1. The highest BCUT2D eigenvalue weighted by Crippen LogP contribution is 2.36. The Morgan fingerprint density at radius 1 is 1.16 bits per heavy atom. The first-order valence-corrected chi connectivity index (χ1v) is 11.6. The number of thioether (sulfide) groups is 1. The number of aromatic nitrogens is 1. The van der Waals surface area contributed by atoms with E-state index < -0.39 is 22.9 Å². The van der Waals surface area contributed by atoms with Crippen molar-refractivity contribution in [3.8, 4) is 0 Å². The van der Waals surface area contributed by atoms with E-state index in [0.717, 1.165) is 46.5 Å². The number of hydrogen-bond donors (Lipinski definition) is 1. The van der Waals surface area contributed by atoms with Crippen molar-refractivity contribution in [3.63, 3.8) is 0 Å². The Kier molecular flexibility index (Phi) is 6.50. The van der Waals surface area contributed by atoms with Gasteiger partial charge >= 0.3 is 0 Å². The van der Waals surface area contributed by atoms with Gasteiger partial charge in [-0.3, -0.25) is 19.3 Å². The van der Waals surface area contributed by atoms with E-state index in [0.29, 0.717) is 16.6 Å². The minimum Gasteiger partial charge on any atom is -0.346 e. The molecule has 168 valence electrons. The number of aryl methyl sites for hydroxylation is 1. The predicted molar refractivity (Wildman–Crippen MR) is 124 cm³/mol. The van der Waals surface area contributed by atoms with Gasteiger partial charge in [-0.25, -0.2) is 4.39 Å². The first-order valence-electron chi connectivity index (χ1n) is 10.8. The van der Waals surface area contributed by atoms with Gasteiger partial charge in [0.2, 0.25) is 5.91 Å². The molecule has 1 aliphatic heterocycles. The summed E-state index contributed by atoms with van der Waals surface area (Å²) >= 11 is 0.846. The highest BCUT2D eigenvalue weighted by Gasteiger charge is 2.36. The van der Waals surface area contributed by atoms with E-state index in [2.05, 4.69) is 22.9 Å². The molecule has 0 spiro atoms. The molecule has 0 unspecified atom stereocenters. The maximum atomic E-state index is 13.0. The van der Waals surface area contributed by atoms with Crippen LogP contribution in [0, 0.1) is 19.7 Å². The van der Waals surface area contributed by atoms with Gasteiger partial charge in [-0.1, -0.05) is 19.3 Å². The quantitative estimate of drug-likeness (QED) is 0.611. The number of rotatable bonds is 5. The average Bonchev–Trinajstić information content (AvgIpc) is 3.19. The van der Waals surface area contributed by atoms with Crippen molar-refractivity contribution < 1.29 is 18.8 Å². The van der Waals surface area contributed by atoms with Crippen molar-refractivity contribution in [2.75, 3.05) is 11.9 Å². The molecule has 0 atom stereocenters. The SMILES string of the molecule is Cc1cc(/C=C2\SC(=O)N(CC(=O)Nc3ccc(F)cc3)C2=O)c(C)n1C1CCCCC1. The van der Waals surface area contributed by atoms with Crippen LogP contribution < -0.4 is 5.32 Å². The third kappa shape index (κ3) is 4.65. The molecule has 1 aromatic heterocycles. The minimum absolute atomic E-state index is 0.313. The van der Waals surface area contributed by atoms with E-state index in [9.17, 15) is 18.8 Å². The van der Waals surface area contributed by atoms with Crippen molar-refractivity contribution in [2.45, 2.75) is 52.0 Å². The lowest BCUT2D eigenvalue weighted by molar-refractivity contribution is -0.127. The standard InChI is InChI=1S/C24H26FN3O3S/c1-15-12-17(16(2)28(15)20-6-4-3-5-7-20)13-21-23(30)27(24(31)32-21)14-22(29)26-19-10-8-18(25)9-11-19/h8-13,20H,3-7,14H2,1-2H3,(H,26,29)/b21-13-. The largest absolute Gasteiger partial charge is 0.346 e. The van der Waals surface area contributed by atoms with Crippen LogP contribution in [0.15, 0.2) is 35.2 Å². The van der Waals surface area contributed by atoms with E-state index in [-0.39, 0.29) is 6.54 Å². The maximum absolute atomic E-state index is 13.0. The summed E-state index contributed by atoms with van der Waals surface area (Å²) in [7, 11) is 0. The Balaban J connectivity index is 1.47. The van der Waals surface area contributed by atoms with Gasteiger partial charge in [0, 0.05) is 23.1 Å². The lowest BCUT2D eigenvalue weighted by Crippen LogP contribution is -2.36. The molecular formula is C24H26FN3O3S. The van der Waals surface area contributed by atoms with Crippen LogP contribution in [0.5, 0.6) is 0 Å². The van der Waals surface area contributed by atoms with Gasteiger partial charge in [0.05, 0.1) is 4.91 Å². The predicted octanol–water partition coefficient (Wildman–Crippen LogP) is 5.42. The molecule has 1 N–H and O–H groups in total. The molecule has 1 saturated heterocycles. The smallest absolute Gasteiger partial charge is 0.294 e. The second kappa shape index (κ2) is 9.32. The summed E-state index contributed by atoms with van der Waals surface area (Å²) in [5, 5.41) is 2.10. The first-order chi connectivity index (χ1) is 15.3. The highest BCUT2D eigenvalue weighted by molar-refractivity contribution is 8.18. The van der Waals surface area contributed by atoms with E-state index >= 15 is 0 Å². The number of amides is 3. The maximum Gasteiger partial charge on any atom is 0.294 e. The molecule has 2 fully saturated rings. The summed E-state index contributed by atoms with van der Waals surface area (Å²) < 4.78 is 15.4. The molecular weight excluding hydrogens is 429 g/mol. The number of anilines is 1. The first kappa shape index (κ1) is 22.3. The number of nitrogens with one attached hydrogen (secondary N) is 1. The van der Waals surface area contributed by atoms with Crippen LogP contribution in [0.25, 0.3) is 6.08 Å². The van der Waals surface area contributed by atoms with Crippen LogP contribution >= 0.6 is 11.8 Å². The summed E-state index contributed by atoms with van der Waals surface area (Å²) in [6, 6.07) is 7.83. The topological polar surface area (TPSA) is 71.4 Å². The second-order valence-electron chi connectivity index (χ2n) is 8.31. The number of imide groups is 1. The van der Waals surface area contributed by atoms with Gasteiger partial charge in [-0.15, -0.1) is 0 Å². The van der Waals surface area contributed by atoms with Crippen molar-refractivity contribution in [2.24, 2.45) is 0 Å². The van der Waals surface area contributed by atoms with E-state index in [4.69, 9.17) is 0 Å². The molecule has 2 heterocycles. The van der Waals surface area contributed by atoms with Crippen LogP contribution in [0.1, 0.15) is 55.1 Å². The minimum atomic E-state index is -0.518. The zero-order chi connectivity index (χ0) is 22.8. The number of carbonyl (C=O) groups excluding carboxylic acids is 3. The van der Waals surface area contributed by atoms with Crippen LogP contribution in [0.3, 0.4) is 0 Å². The summed E-state index contributed by atoms with van der Waals surface area (Å²) in [4.78, 5) is 38.8. The Bertz CT molecular complexity index is 1080. The van der Waals surface area contributed by atoms with Crippen molar-refractivity contribution in [1.29, 1.82) is 0 Å². The molecule has 1 aliphatic carbocycles. The van der Waals surface area contributed by atoms with Gasteiger partial charge in [0.1, 0.15) is 12.4 Å². The molecule has 6 nitrogen and oxygen atoms in total. The summed E-state index contributed by atoms with van der Waals surface area (Å²) in [6.45, 7) is 3.73. The van der Waals surface area contributed by atoms with E-state index in [1.165, 1.54) is 43.5 Å². The zero-order valence-electron chi connectivity index (χ0n) is 18.2. The van der Waals surface area contributed by atoms with Crippen LogP contribution in [-0.4, -0.2) is 33.1 Å². The van der Waals surface area contributed by atoms with E-state index in [1.807, 2.05) is 6.92 Å². The number of nitrogens with zero attached hydrogens (tertiary/aromatic N) is 2. The van der Waals surface area contributed by atoms with Gasteiger partial charge < -0.3 is 9.88 Å². The van der Waals surface area contributed by atoms with Gasteiger partial charge in [-0.2, -0.15) is 0 Å². The summed E-state index contributed by atoms with van der Waals surface area (Å²) in [6.07, 6.45) is 7.83. The monoisotopic (exact) mass is 455 g/mol. The molecule has 2 aliphatic rings. The number of halogens is 1. The Morgan fingerprint density at radius 2 is 1.84 bits per heavy atom. The molecule has 0 bridgehead atoms. The highest BCUT2D eigenvalue weighted by atomic mass is 32.2. The van der Waals surface area contributed by atoms with Crippen LogP contribution in [0.4, 0.5) is 14.9 Å². The summed E-state index contributed by atoms with van der Waals surface area (Å²) in [5.74, 6) is -1.41. The third-order valence-electron chi connectivity index (χ3n) is 6.05. The molecule has 2 aromatic rings. The molecule has 8 heteroatoms. The Hall–Kier alpha value is -2.87. The van der Waals surface area contributed by atoms with Crippen molar-refractivity contribution >= 4 is 40.6 Å². The number of carbonyl (C=O) groups is 3. The summed E-state index contributed by atoms with van der Waals surface area (Å²) in [5.41, 5.74) is 3.57. The molecule has 4 rings (SSSR count). The zero-order valence-corrected chi connectivity index (χ0v) is 19.0. The number of hydrogen-bond acceptors (Lipinski definition) is 4. The molecule has 1 aromatic carbocycles. The normalized spacial score (nSPS) is 18.6. The third-order valence-corrected chi connectivity index (χ3v) is 6.96. The molecule has 1 saturated carbocycles. The lowest BCUT2D eigenvalue weighted by atomic mass is 9.95. The van der Waals surface area contributed by atoms with Gasteiger partial charge in [0.15, 0.2) is 0 Å².